The number of nitrogens with zero attached hydrogens (tertiary/aromatic N) is 4. The van der Waals surface area contributed by atoms with Crippen molar-refractivity contribution in [3.05, 3.63) is 34.3 Å². The number of aromatic nitrogens is 4. The predicted octanol–water partition coefficient (Wildman–Crippen LogP) is 2.28. The van der Waals surface area contributed by atoms with Crippen LogP contribution in [0, 0.1) is 10.1 Å². The van der Waals surface area contributed by atoms with E-state index in [4.69, 9.17) is 0 Å². The number of rotatable bonds is 3. The van der Waals surface area contributed by atoms with Gasteiger partial charge in [0.2, 0.25) is 11.0 Å². The Morgan fingerprint density at radius 2 is 2.11 bits per heavy atom. The summed E-state index contributed by atoms with van der Waals surface area (Å²) in [5.74, 6) is -1.21. The zero-order valence-electron chi connectivity index (χ0n) is 8.88. The average Bonchev–Trinajstić information content (AvgIpc) is 2.78. The van der Waals surface area contributed by atoms with Crippen molar-refractivity contribution in [3.8, 4) is 0 Å². The quantitative estimate of drug-likeness (QED) is 0.688. The summed E-state index contributed by atoms with van der Waals surface area (Å²) in [4.78, 5) is 16.7. The third-order valence-electron chi connectivity index (χ3n) is 1.86. The third kappa shape index (κ3) is 3.19. The summed E-state index contributed by atoms with van der Waals surface area (Å²) in [6, 6.07) is 2.49. The first-order valence-corrected chi connectivity index (χ1v) is 5.46. The first-order chi connectivity index (χ1) is 8.86. The molecule has 2 rings (SSSR count). The van der Waals surface area contributed by atoms with Crippen LogP contribution in [0.4, 0.5) is 18.9 Å². The van der Waals surface area contributed by atoms with Gasteiger partial charge < -0.3 is 0 Å². The summed E-state index contributed by atoms with van der Waals surface area (Å²) < 4.78 is 36.7. The Morgan fingerprint density at radius 1 is 1.37 bits per heavy atom. The maximum atomic E-state index is 12.2. The molecule has 0 radical (unpaired) electrons. The molecule has 0 unspecified atom stereocenters. The van der Waals surface area contributed by atoms with E-state index < -0.39 is 16.9 Å². The minimum absolute atomic E-state index is 0.173. The van der Waals surface area contributed by atoms with Crippen molar-refractivity contribution in [1.29, 1.82) is 0 Å². The Morgan fingerprint density at radius 3 is 2.58 bits per heavy atom. The molecule has 0 atom stereocenters. The summed E-state index contributed by atoms with van der Waals surface area (Å²) in [5.41, 5.74) is -0.213. The first-order valence-electron chi connectivity index (χ1n) is 4.64. The number of hydrogen-bond donors (Lipinski definition) is 1. The lowest BCUT2D eigenvalue weighted by Crippen LogP contribution is -2.07. The lowest BCUT2D eigenvalue weighted by molar-refractivity contribution is -0.385. The molecule has 7 nitrogen and oxygen atoms in total. The maximum absolute atomic E-state index is 12.2. The molecule has 0 spiro atoms. The van der Waals surface area contributed by atoms with Crippen LogP contribution in [0.25, 0.3) is 0 Å². The van der Waals surface area contributed by atoms with Gasteiger partial charge in [-0.25, -0.2) is 4.98 Å². The van der Waals surface area contributed by atoms with E-state index in [1.54, 1.807) is 5.10 Å². The van der Waals surface area contributed by atoms with Crippen LogP contribution in [-0.2, 0) is 6.18 Å². The zero-order chi connectivity index (χ0) is 14.0. The Balaban J connectivity index is 2.13. The van der Waals surface area contributed by atoms with E-state index in [-0.39, 0.29) is 15.9 Å². The molecule has 11 heteroatoms. The standard InChI is InChI=1S/C8H4F3N5O2S/c9-8(10,11)6-13-7(15-14-6)19-5-2-1-4(3-12-5)16(17)18/h1-3H,(H,13,14,15). The Hall–Kier alpha value is -2.17. The SMILES string of the molecule is O=[N+]([O-])c1ccc(Sc2n[nH]c(C(F)(F)F)n2)nc1. The molecule has 2 heterocycles. The number of nitrogens with one attached hydrogen (secondary N) is 1. The van der Waals surface area contributed by atoms with Gasteiger partial charge in [0.05, 0.1) is 4.92 Å². The molecule has 0 amide bonds. The van der Waals surface area contributed by atoms with E-state index in [0.29, 0.717) is 0 Å². The molecule has 2 aromatic rings. The number of alkyl halides is 3. The number of hydrogen-bond acceptors (Lipinski definition) is 6. The summed E-state index contributed by atoms with van der Waals surface area (Å²) in [5, 5.41) is 15.6. The molecule has 0 bridgehead atoms. The number of H-pyrrole nitrogens is 1. The van der Waals surface area contributed by atoms with E-state index in [2.05, 4.69) is 15.1 Å². The van der Waals surface area contributed by atoms with Gasteiger partial charge in [-0.2, -0.15) is 18.2 Å². The highest BCUT2D eigenvalue weighted by Crippen LogP contribution is 2.29. The summed E-state index contributed by atoms with van der Waals surface area (Å²) in [7, 11) is 0. The fourth-order valence-corrected chi connectivity index (χ4v) is 1.71. The molecule has 0 aromatic carbocycles. The Labute approximate surface area is 107 Å². The van der Waals surface area contributed by atoms with Crippen molar-refractivity contribution in [2.45, 2.75) is 16.4 Å². The van der Waals surface area contributed by atoms with Crippen molar-refractivity contribution in [1.82, 2.24) is 20.2 Å². The van der Waals surface area contributed by atoms with E-state index in [1.807, 2.05) is 0 Å². The fraction of sp³-hybridized carbons (Fsp3) is 0.125. The van der Waals surface area contributed by atoms with Crippen molar-refractivity contribution in [2.75, 3.05) is 0 Å². The number of nitro groups is 1. The van der Waals surface area contributed by atoms with Gasteiger partial charge in [0.15, 0.2) is 0 Å². The summed E-state index contributed by atoms with van der Waals surface area (Å²) in [6.07, 6.45) is -3.60. The lowest BCUT2D eigenvalue weighted by atomic mass is 10.4. The number of aromatic amines is 1. The smallest absolute Gasteiger partial charge is 0.258 e. The second-order valence-electron chi connectivity index (χ2n) is 3.18. The van der Waals surface area contributed by atoms with E-state index in [0.717, 1.165) is 18.0 Å². The van der Waals surface area contributed by atoms with Gasteiger partial charge >= 0.3 is 6.18 Å². The van der Waals surface area contributed by atoms with Gasteiger partial charge in [0.1, 0.15) is 11.2 Å². The maximum Gasteiger partial charge on any atom is 0.451 e. The number of pyridine rings is 1. The molecule has 0 aliphatic heterocycles. The van der Waals surface area contributed by atoms with Crippen molar-refractivity contribution in [3.63, 3.8) is 0 Å². The number of halogens is 3. The van der Waals surface area contributed by atoms with Gasteiger partial charge in [0.25, 0.3) is 5.69 Å². The second kappa shape index (κ2) is 4.84. The molecular weight excluding hydrogens is 287 g/mol. The van der Waals surface area contributed by atoms with Crippen LogP contribution >= 0.6 is 11.8 Å². The highest BCUT2D eigenvalue weighted by molar-refractivity contribution is 7.99. The average molecular weight is 291 g/mol. The van der Waals surface area contributed by atoms with Crippen LogP contribution in [-0.4, -0.2) is 25.1 Å². The second-order valence-corrected chi connectivity index (χ2v) is 4.17. The molecule has 2 aromatic heterocycles. The molecule has 0 saturated carbocycles. The summed E-state index contributed by atoms with van der Waals surface area (Å²) in [6.45, 7) is 0. The minimum atomic E-state index is -4.60. The Kier molecular flexibility index (Phi) is 3.38. The van der Waals surface area contributed by atoms with Crippen LogP contribution in [0.5, 0.6) is 0 Å². The van der Waals surface area contributed by atoms with Gasteiger partial charge in [-0.05, 0) is 17.8 Å². The van der Waals surface area contributed by atoms with Gasteiger partial charge in [0, 0.05) is 6.07 Å². The van der Waals surface area contributed by atoms with E-state index in [9.17, 15) is 23.3 Å². The topological polar surface area (TPSA) is 97.6 Å². The van der Waals surface area contributed by atoms with Crippen LogP contribution in [0.15, 0.2) is 28.5 Å². The summed E-state index contributed by atoms with van der Waals surface area (Å²) >= 11 is 0.758. The Bertz CT molecular complexity index is 597. The molecule has 0 saturated heterocycles. The molecule has 0 fully saturated rings. The molecule has 1 N–H and O–H groups in total. The normalized spacial score (nSPS) is 11.5. The zero-order valence-corrected chi connectivity index (χ0v) is 9.70. The largest absolute Gasteiger partial charge is 0.451 e. The monoisotopic (exact) mass is 291 g/mol. The fourth-order valence-electron chi connectivity index (χ4n) is 1.05. The van der Waals surface area contributed by atoms with Gasteiger partial charge in [-0.1, -0.05) is 0 Å². The van der Waals surface area contributed by atoms with Crippen molar-refractivity contribution < 1.29 is 18.1 Å². The van der Waals surface area contributed by atoms with Crippen LogP contribution in [0.1, 0.15) is 5.82 Å². The van der Waals surface area contributed by atoms with Gasteiger partial charge in [-0.3, -0.25) is 15.2 Å². The van der Waals surface area contributed by atoms with Crippen LogP contribution in [0.2, 0.25) is 0 Å². The molecule has 100 valence electrons. The predicted molar refractivity (Wildman–Crippen MR) is 56.4 cm³/mol. The van der Waals surface area contributed by atoms with E-state index >= 15 is 0 Å². The van der Waals surface area contributed by atoms with E-state index in [1.165, 1.54) is 12.1 Å². The highest BCUT2D eigenvalue weighted by atomic mass is 32.2. The molecular formula is C8H4F3N5O2S. The lowest BCUT2D eigenvalue weighted by Gasteiger charge is -1.98. The molecule has 0 aliphatic rings. The molecule has 0 aliphatic carbocycles. The van der Waals surface area contributed by atoms with Crippen LogP contribution in [0.3, 0.4) is 0 Å². The van der Waals surface area contributed by atoms with Crippen LogP contribution < -0.4 is 0 Å². The van der Waals surface area contributed by atoms with Crippen molar-refractivity contribution >= 4 is 17.4 Å². The van der Waals surface area contributed by atoms with Crippen molar-refractivity contribution in [2.24, 2.45) is 0 Å². The third-order valence-corrected chi connectivity index (χ3v) is 2.68. The highest BCUT2D eigenvalue weighted by Gasteiger charge is 2.35. The molecule has 19 heavy (non-hydrogen) atoms. The minimum Gasteiger partial charge on any atom is -0.258 e. The van der Waals surface area contributed by atoms with Gasteiger partial charge in [-0.15, -0.1) is 5.10 Å². The first kappa shape index (κ1) is 13.3.